The van der Waals surface area contributed by atoms with Gasteiger partial charge < -0.3 is 4.79 Å². The van der Waals surface area contributed by atoms with E-state index >= 15 is 0 Å². The Morgan fingerprint density at radius 2 is 2.38 bits per heavy atom. The second-order valence-corrected chi connectivity index (χ2v) is 3.68. The molecule has 0 N–H and O–H groups in total. The lowest BCUT2D eigenvalue weighted by atomic mass is 10.4. The van der Waals surface area contributed by atoms with E-state index in [1.54, 1.807) is 6.92 Å². The van der Waals surface area contributed by atoms with E-state index in [4.69, 9.17) is 0 Å². The van der Waals surface area contributed by atoms with E-state index in [0.717, 1.165) is 12.0 Å². The van der Waals surface area contributed by atoms with Crippen molar-refractivity contribution in [3.05, 3.63) is 25.9 Å². The quantitative estimate of drug-likeness (QED) is 0.610. The zero-order chi connectivity index (χ0) is 9.84. The molecular weight excluding hydrogens is 283 g/mol. The predicted molar refractivity (Wildman–Crippen MR) is 56.6 cm³/mol. The van der Waals surface area contributed by atoms with E-state index in [1.165, 1.54) is 10.9 Å². The average molecular weight is 292 g/mol. The Bertz CT molecular complexity index is 373. The highest BCUT2D eigenvalue weighted by Gasteiger charge is 2.03. The molecule has 70 valence electrons. The second kappa shape index (κ2) is 4.50. The summed E-state index contributed by atoms with van der Waals surface area (Å²) in [5.74, 6) is 0. The maximum absolute atomic E-state index is 11.5. The summed E-state index contributed by atoms with van der Waals surface area (Å²) in [6.07, 6.45) is 2.61. The van der Waals surface area contributed by atoms with Crippen LogP contribution in [0.2, 0.25) is 0 Å². The van der Waals surface area contributed by atoms with Gasteiger partial charge in [0.25, 0.3) is 5.56 Å². The van der Waals surface area contributed by atoms with Crippen LogP contribution in [0.5, 0.6) is 0 Å². The molecule has 0 aromatic carbocycles. The fourth-order valence-corrected chi connectivity index (χ4v) is 1.35. The Labute approximate surface area is 89.1 Å². The van der Waals surface area contributed by atoms with Gasteiger partial charge in [0.1, 0.15) is 6.29 Å². The van der Waals surface area contributed by atoms with Gasteiger partial charge in [-0.3, -0.25) is 9.36 Å². The molecule has 0 spiro atoms. The zero-order valence-corrected chi connectivity index (χ0v) is 9.32. The van der Waals surface area contributed by atoms with Crippen LogP contribution in [0.4, 0.5) is 0 Å². The van der Waals surface area contributed by atoms with Gasteiger partial charge >= 0.3 is 0 Å². The number of halogens is 1. The van der Waals surface area contributed by atoms with Crippen molar-refractivity contribution in [3.8, 4) is 0 Å². The van der Waals surface area contributed by atoms with Crippen molar-refractivity contribution in [1.82, 2.24) is 9.55 Å². The van der Waals surface area contributed by atoms with Crippen molar-refractivity contribution >= 4 is 28.9 Å². The molecule has 0 radical (unpaired) electrons. The number of nitrogens with zero attached hydrogens (tertiary/aromatic N) is 2. The van der Waals surface area contributed by atoms with Gasteiger partial charge in [-0.15, -0.1) is 0 Å². The third-order valence-electron chi connectivity index (χ3n) is 1.64. The minimum atomic E-state index is -0.0741. The van der Waals surface area contributed by atoms with Crippen LogP contribution in [0.15, 0.2) is 11.1 Å². The summed E-state index contributed by atoms with van der Waals surface area (Å²) < 4.78 is 2.06. The van der Waals surface area contributed by atoms with Gasteiger partial charge in [0.15, 0.2) is 0 Å². The Kier molecular flexibility index (Phi) is 3.58. The fourth-order valence-electron chi connectivity index (χ4n) is 0.897. The number of aromatic nitrogens is 2. The summed E-state index contributed by atoms with van der Waals surface area (Å²) in [7, 11) is 0. The van der Waals surface area contributed by atoms with E-state index < -0.39 is 0 Å². The topological polar surface area (TPSA) is 52.0 Å². The van der Waals surface area contributed by atoms with Crippen LogP contribution in [0, 0.1) is 10.5 Å². The van der Waals surface area contributed by atoms with E-state index in [2.05, 4.69) is 4.98 Å². The summed E-state index contributed by atoms with van der Waals surface area (Å²) in [6, 6.07) is 0. The molecule has 0 amide bonds. The van der Waals surface area contributed by atoms with Gasteiger partial charge in [-0.2, -0.15) is 0 Å². The fraction of sp³-hybridized carbons (Fsp3) is 0.375. The first-order valence-corrected chi connectivity index (χ1v) is 4.90. The first-order chi connectivity index (χ1) is 6.16. The molecule has 1 aromatic rings. The maximum Gasteiger partial charge on any atom is 0.267 e. The molecule has 4 nitrogen and oxygen atoms in total. The number of hydrogen-bond donors (Lipinski definition) is 0. The third kappa shape index (κ3) is 2.36. The molecule has 0 aliphatic carbocycles. The van der Waals surface area contributed by atoms with Crippen LogP contribution in [0.25, 0.3) is 0 Å². The molecule has 0 aliphatic rings. The molecule has 13 heavy (non-hydrogen) atoms. The summed E-state index contributed by atoms with van der Waals surface area (Å²) in [5.41, 5.74) is 0.655. The number of carbonyl (C=O) groups is 1. The maximum atomic E-state index is 11.5. The second-order valence-electron chi connectivity index (χ2n) is 2.60. The Morgan fingerprint density at radius 3 is 3.00 bits per heavy atom. The molecule has 0 unspecified atom stereocenters. The van der Waals surface area contributed by atoms with Gasteiger partial charge in [-0.1, -0.05) is 0 Å². The number of hydrogen-bond acceptors (Lipinski definition) is 3. The first-order valence-electron chi connectivity index (χ1n) is 3.82. The summed E-state index contributed by atoms with van der Waals surface area (Å²) in [4.78, 5) is 25.6. The summed E-state index contributed by atoms with van der Waals surface area (Å²) >= 11 is 1.96. The van der Waals surface area contributed by atoms with Crippen LogP contribution in [-0.2, 0) is 11.3 Å². The van der Waals surface area contributed by atoms with Crippen LogP contribution < -0.4 is 5.56 Å². The van der Waals surface area contributed by atoms with Gasteiger partial charge in [-0.05, 0) is 29.5 Å². The van der Waals surface area contributed by atoms with Crippen LogP contribution in [0.3, 0.4) is 0 Å². The minimum absolute atomic E-state index is 0.0741. The highest BCUT2D eigenvalue weighted by atomic mass is 127. The molecule has 0 bridgehead atoms. The highest BCUT2D eigenvalue weighted by Crippen LogP contribution is 2.01. The van der Waals surface area contributed by atoms with Crippen molar-refractivity contribution < 1.29 is 4.79 Å². The predicted octanol–water partition coefficient (Wildman–Crippen LogP) is 0.745. The van der Waals surface area contributed by atoms with Gasteiger partial charge in [0.2, 0.25) is 0 Å². The molecule has 1 rings (SSSR count). The van der Waals surface area contributed by atoms with Crippen LogP contribution in [-0.4, -0.2) is 15.8 Å². The first kappa shape index (κ1) is 10.4. The molecule has 1 aromatic heterocycles. The van der Waals surface area contributed by atoms with Crippen molar-refractivity contribution in [2.45, 2.75) is 19.9 Å². The standard InChI is InChI=1S/C8H9IN2O2/c1-6-7(9)8(13)11(5-10-6)3-2-4-12/h4-5H,2-3H2,1H3. The molecule has 0 aliphatic heterocycles. The van der Waals surface area contributed by atoms with E-state index in [9.17, 15) is 9.59 Å². The molecule has 5 heteroatoms. The van der Waals surface area contributed by atoms with Crippen molar-refractivity contribution in [2.75, 3.05) is 0 Å². The largest absolute Gasteiger partial charge is 0.303 e. The monoisotopic (exact) mass is 292 g/mol. The zero-order valence-electron chi connectivity index (χ0n) is 7.16. The third-order valence-corrected chi connectivity index (χ3v) is 2.89. The lowest BCUT2D eigenvalue weighted by Gasteiger charge is -2.03. The lowest BCUT2D eigenvalue weighted by molar-refractivity contribution is -0.108. The Morgan fingerprint density at radius 1 is 1.69 bits per heavy atom. The molecular formula is C8H9IN2O2. The highest BCUT2D eigenvalue weighted by molar-refractivity contribution is 14.1. The molecule has 1 heterocycles. The van der Waals surface area contributed by atoms with Crippen molar-refractivity contribution in [3.63, 3.8) is 0 Å². The van der Waals surface area contributed by atoms with Gasteiger partial charge in [-0.25, -0.2) is 4.98 Å². The van der Waals surface area contributed by atoms with E-state index in [-0.39, 0.29) is 5.56 Å². The normalized spacial score (nSPS) is 10.0. The Hall–Kier alpha value is -0.720. The summed E-state index contributed by atoms with van der Waals surface area (Å²) in [5, 5.41) is 0. The van der Waals surface area contributed by atoms with E-state index in [0.29, 0.717) is 16.5 Å². The van der Waals surface area contributed by atoms with Crippen molar-refractivity contribution in [2.24, 2.45) is 0 Å². The SMILES string of the molecule is Cc1ncn(CCC=O)c(=O)c1I. The van der Waals surface area contributed by atoms with Gasteiger partial charge in [0.05, 0.1) is 15.6 Å². The molecule has 0 saturated heterocycles. The average Bonchev–Trinajstić information content (AvgIpc) is 2.13. The molecule has 0 saturated carbocycles. The number of carbonyl (C=O) groups excluding carboxylic acids is 1. The lowest BCUT2D eigenvalue weighted by Crippen LogP contribution is -2.24. The van der Waals surface area contributed by atoms with Crippen molar-refractivity contribution in [1.29, 1.82) is 0 Å². The summed E-state index contributed by atoms with van der Waals surface area (Å²) in [6.45, 7) is 2.19. The van der Waals surface area contributed by atoms with E-state index in [1.807, 2.05) is 22.6 Å². The smallest absolute Gasteiger partial charge is 0.267 e. The number of aryl methyl sites for hydroxylation is 2. The molecule has 0 atom stereocenters. The number of rotatable bonds is 3. The number of aldehydes is 1. The minimum Gasteiger partial charge on any atom is -0.303 e. The van der Waals surface area contributed by atoms with Gasteiger partial charge in [0, 0.05) is 13.0 Å². The molecule has 0 fully saturated rings. The van der Waals surface area contributed by atoms with Crippen LogP contribution >= 0.6 is 22.6 Å². The Balaban J connectivity index is 3.04. The van der Waals surface area contributed by atoms with Crippen LogP contribution in [0.1, 0.15) is 12.1 Å².